The summed E-state index contributed by atoms with van der Waals surface area (Å²) < 4.78 is 19.1. The van der Waals surface area contributed by atoms with Gasteiger partial charge in [0.1, 0.15) is 11.6 Å². The molecule has 0 aromatic heterocycles. The molecule has 2 aromatic carbocycles. The van der Waals surface area contributed by atoms with Gasteiger partial charge in [-0.15, -0.1) is 0 Å². The quantitative estimate of drug-likeness (QED) is 0.416. The predicted octanol–water partition coefficient (Wildman–Crippen LogP) is 4.73. The van der Waals surface area contributed by atoms with Gasteiger partial charge in [-0.1, -0.05) is 35.3 Å². The Hall–Kier alpha value is -2.41. The fraction of sp³-hybridized carbons (Fsp3) is 0.273. The Morgan fingerprint density at radius 3 is 2.50 bits per heavy atom. The van der Waals surface area contributed by atoms with Crippen LogP contribution in [0.2, 0.25) is 10.0 Å². The Morgan fingerprint density at radius 1 is 1.13 bits per heavy atom. The van der Waals surface area contributed by atoms with Crippen LogP contribution in [-0.4, -0.2) is 41.0 Å². The van der Waals surface area contributed by atoms with Gasteiger partial charge < -0.3 is 14.7 Å². The number of aliphatic hydroxyl groups excluding tert-OH is 1. The summed E-state index contributed by atoms with van der Waals surface area (Å²) in [6.07, 6.45) is 1.45. The van der Waals surface area contributed by atoms with E-state index in [2.05, 4.69) is 0 Å². The van der Waals surface area contributed by atoms with Gasteiger partial charge >= 0.3 is 0 Å². The van der Waals surface area contributed by atoms with Crippen molar-refractivity contribution in [3.05, 3.63) is 75.0 Å². The van der Waals surface area contributed by atoms with Crippen LogP contribution in [0.25, 0.3) is 5.76 Å². The Bertz CT molecular complexity index is 1030. The Morgan fingerprint density at radius 2 is 1.87 bits per heavy atom. The zero-order valence-corrected chi connectivity index (χ0v) is 17.3. The molecule has 4 rings (SSSR count). The molecule has 2 aliphatic rings. The van der Waals surface area contributed by atoms with Crippen molar-refractivity contribution in [1.29, 1.82) is 0 Å². The van der Waals surface area contributed by atoms with Gasteiger partial charge in [-0.05, 0) is 48.7 Å². The number of ketones is 1. The largest absolute Gasteiger partial charge is 0.507 e. The third-order valence-corrected chi connectivity index (χ3v) is 6.08. The van der Waals surface area contributed by atoms with E-state index in [-0.39, 0.29) is 34.6 Å². The van der Waals surface area contributed by atoms with Gasteiger partial charge in [0.05, 0.1) is 27.8 Å². The van der Waals surface area contributed by atoms with Gasteiger partial charge in [0, 0.05) is 18.7 Å². The topological polar surface area (TPSA) is 66.8 Å². The Labute approximate surface area is 182 Å². The van der Waals surface area contributed by atoms with E-state index in [1.54, 1.807) is 0 Å². The second kappa shape index (κ2) is 8.38. The lowest BCUT2D eigenvalue weighted by Gasteiger charge is -2.27. The first kappa shape index (κ1) is 20.8. The third kappa shape index (κ3) is 3.83. The standard InChI is InChI=1S/C22H18Cl2FNO4/c23-16-8-5-13(10-17(16)24)20(27)18-19(12-3-6-14(25)7-4-12)26(22(29)21(18)28)11-15-2-1-9-30-15/h3-8,10,15,19,27H,1-2,9,11H2/b20-18-. The molecule has 2 saturated heterocycles. The highest BCUT2D eigenvalue weighted by Gasteiger charge is 2.47. The van der Waals surface area contributed by atoms with Crippen LogP contribution in [-0.2, 0) is 14.3 Å². The van der Waals surface area contributed by atoms with Gasteiger partial charge in [0.15, 0.2) is 0 Å². The van der Waals surface area contributed by atoms with Gasteiger partial charge in [0.25, 0.3) is 11.7 Å². The van der Waals surface area contributed by atoms with Crippen LogP contribution >= 0.6 is 23.2 Å². The molecule has 5 nitrogen and oxygen atoms in total. The lowest BCUT2D eigenvalue weighted by molar-refractivity contribution is -0.140. The molecule has 2 aromatic rings. The van der Waals surface area contributed by atoms with E-state index in [9.17, 15) is 19.1 Å². The summed E-state index contributed by atoms with van der Waals surface area (Å²) in [5.41, 5.74) is 0.685. The number of ether oxygens (including phenoxy) is 1. The number of aliphatic hydroxyl groups is 1. The monoisotopic (exact) mass is 449 g/mol. The van der Waals surface area contributed by atoms with E-state index in [1.165, 1.54) is 47.4 Å². The SMILES string of the molecule is O=C1C(=O)N(CC2CCCO2)C(c2ccc(F)cc2)/C1=C(/O)c1ccc(Cl)c(Cl)c1. The first-order valence-electron chi connectivity index (χ1n) is 9.47. The summed E-state index contributed by atoms with van der Waals surface area (Å²) in [5.74, 6) is -2.36. The average Bonchev–Trinajstić information content (AvgIpc) is 3.33. The normalized spacial score (nSPS) is 23.4. The van der Waals surface area contributed by atoms with Crippen molar-refractivity contribution in [3.63, 3.8) is 0 Å². The number of hydrogen-bond donors (Lipinski definition) is 1. The van der Waals surface area contributed by atoms with E-state index >= 15 is 0 Å². The average molecular weight is 450 g/mol. The van der Waals surface area contributed by atoms with Crippen LogP contribution in [0.3, 0.4) is 0 Å². The number of halogens is 3. The van der Waals surface area contributed by atoms with Crippen molar-refractivity contribution < 1.29 is 23.8 Å². The molecular formula is C22H18Cl2FNO4. The van der Waals surface area contributed by atoms with Gasteiger partial charge in [-0.3, -0.25) is 9.59 Å². The minimum absolute atomic E-state index is 0.0806. The molecule has 2 atom stereocenters. The maximum atomic E-state index is 13.5. The predicted molar refractivity (Wildman–Crippen MR) is 111 cm³/mol. The van der Waals surface area contributed by atoms with Gasteiger partial charge in [0.2, 0.25) is 0 Å². The van der Waals surface area contributed by atoms with Crippen molar-refractivity contribution in [3.8, 4) is 0 Å². The Kier molecular flexibility index (Phi) is 5.82. The first-order valence-corrected chi connectivity index (χ1v) is 10.2. The minimum atomic E-state index is -0.871. The zero-order valence-electron chi connectivity index (χ0n) is 15.8. The summed E-state index contributed by atoms with van der Waals surface area (Å²) in [4.78, 5) is 27.2. The number of rotatable bonds is 4. The Balaban J connectivity index is 1.83. The van der Waals surface area contributed by atoms with Gasteiger partial charge in [-0.2, -0.15) is 0 Å². The smallest absolute Gasteiger partial charge is 0.295 e. The molecule has 2 aliphatic heterocycles. The van der Waals surface area contributed by atoms with E-state index in [4.69, 9.17) is 27.9 Å². The zero-order chi connectivity index (χ0) is 21.4. The molecule has 0 aliphatic carbocycles. The van der Waals surface area contributed by atoms with Gasteiger partial charge in [-0.25, -0.2) is 4.39 Å². The molecule has 30 heavy (non-hydrogen) atoms. The molecule has 0 radical (unpaired) electrons. The van der Waals surface area contributed by atoms with Crippen molar-refractivity contribution in [2.24, 2.45) is 0 Å². The number of amides is 1. The molecule has 8 heteroatoms. The summed E-state index contributed by atoms with van der Waals surface area (Å²) in [7, 11) is 0. The number of likely N-dealkylation sites (tertiary alicyclic amines) is 1. The first-order chi connectivity index (χ1) is 14.4. The number of nitrogens with zero attached hydrogens (tertiary/aromatic N) is 1. The minimum Gasteiger partial charge on any atom is -0.507 e. The fourth-order valence-corrected chi connectivity index (χ4v) is 4.16. The second-order valence-corrected chi connectivity index (χ2v) is 8.08. The van der Waals surface area contributed by atoms with Crippen LogP contribution in [0.4, 0.5) is 4.39 Å². The molecule has 1 amide bonds. The number of hydrogen-bond acceptors (Lipinski definition) is 4. The molecule has 0 spiro atoms. The number of benzene rings is 2. The number of carbonyl (C=O) groups excluding carboxylic acids is 2. The maximum absolute atomic E-state index is 13.5. The maximum Gasteiger partial charge on any atom is 0.295 e. The summed E-state index contributed by atoms with van der Waals surface area (Å²) in [6.45, 7) is 0.795. The van der Waals surface area contributed by atoms with E-state index in [1.807, 2.05) is 0 Å². The van der Waals surface area contributed by atoms with E-state index < -0.39 is 23.5 Å². The highest BCUT2D eigenvalue weighted by atomic mass is 35.5. The van der Waals surface area contributed by atoms with Crippen molar-refractivity contribution in [2.75, 3.05) is 13.2 Å². The third-order valence-electron chi connectivity index (χ3n) is 5.34. The van der Waals surface area contributed by atoms with E-state index in [0.717, 1.165) is 12.8 Å². The molecule has 1 N–H and O–H groups in total. The van der Waals surface area contributed by atoms with Crippen molar-refractivity contribution in [2.45, 2.75) is 25.0 Å². The molecular weight excluding hydrogens is 432 g/mol. The number of carbonyl (C=O) groups is 2. The lowest BCUT2D eigenvalue weighted by atomic mass is 9.95. The molecule has 156 valence electrons. The lowest BCUT2D eigenvalue weighted by Crippen LogP contribution is -2.36. The number of Topliss-reactive ketones (excluding diaryl/α,β-unsaturated/α-hetero) is 1. The fourth-order valence-electron chi connectivity index (χ4n) is 3.87. The van der Waals surface area contributed by atoms with Crippen molar-refractivity contribution in [1.82, 2.24) is 4.90 Å². The molecule has 0 saturated carbocycles. The second-order valence-electron chi connectivity index (χ2n) is 7.27. The van der Waals surface area contributed by atoms with Crippen LogP contribution in [0.1, 0.15) is 30.0 Å². The van der Waals surface area contributed by atoms with Crippen LogP contribution in [0.5, 0.6) is 0 Å². The highest BCUT2D eigenvalue weighted by Crippen LogP contribution is 2.40. The molecule has 2 fully saturated rings. The summed E-state index contributed by atoms with van der Waals surface area (Å²) >= 11 is 12.0. The summed E-state index contributed by atoms with van der Waals surface area (Å²) in [6, 6.07) is 9.06. The van der Waals surface area contributed by atoms with Crippen LogP contribution in [0, 0.1) is 5.82 Å². The molecule has 0 bridgehead atoms. The molecule has 2 unspecified atom stereocenters. The van der Waals surface area contributed by atoms with E-state index in [0.29, 0.717) is 17.2 Å². The summed E-state index contributed by atoms with van der Waals surface area (Å²) in [5, 5.41) is 11.5. The van der Waals surface area contributed by atoms with Crippen LogP contribution < -0.4 is 0 Å². The van der Waals surface area contributed by atoms with Crippen LogP contribution in [0.15, 0.2) is 48.0 Å². The molecule has 2 heterocycles. The highest BCUT2D eigenvalue weighted by molar-refractivity contribution is 6.46. The van der Waals surface area contributed by atoms with Crippen molar-refractivity contribution >= 4 is 40.7 Å².